The summed E-state index contributed by atoms with van der Waals surface area (Å²) in [5, 5.41) is 0. The number of halogens is 1. The maximum absolute atomic E-state index is 11.9. The van der Waals surface area contributed by atoms with Crippen molar-refractivity contribution >= 4 is 32.4 Å². The molecular formula is C11H6INO. The first-order valence-electron chi connectivity index (χ1n) is 4.26. The lowest BCUT2D eigenvalue weighted by atomic mass is 10.1. The molecule has 1 heterocycles. The summed E-state index contributed by atoms with van der Waals surface area (Å²) in [5.74, 6) is 0.0969. The van der Waals surface area contributed by atoms with Crippen molar-refractivity contribution < 1.29 is 4.79 Å². The molecule has 0 atom stereocenters. The summed E-state index contributed by atoms with van der Waals surface area (Å²) >= 11 is -0.284. The van der Waals surface area contributed by atoms with E-state index in [9.17, 15) is 4.79 Å². The molecule has 3 rings (SSSR count). The second-order valence-corrected chi connectivity index (χ2v) is 4.87. The van der Waals surface area contributed by atoms with Crippen LogP contribution >= 0.6 is 21.0 Å². The van der Waals surface area contributed by atoms with Crippen LogP contribution in [0.25, 0.3) is 5.57 Å². The molecule has 0 N–H and O–H groups in total. The molecule has 3 heteroatoms. The highest BCUT2D eigenvalue weighted by molar-refractivity contribution is 14.2. The van der Waals surface area contributed by atoms with E-state index in [2.05, 4.69) is 7.23 Å². The van der Waals surface area contributed by atoms with Crippen molar-refractivity contribution in [2.45, 2.75) is 0 Å². The monoisotopic (exact) mass is 295 g/mol. The van der Waals surface area contributed by atoms with Gasteiger partial charge in [0.1, 0.15) is 5.70 Å². The lowest BCUT2D eigenvalue weighted by Crippen LogP contribution is -1.95. The van der Waals surface area contributed by atoms with Gasteiger partial charge in [-0.15, -0.1) is 0 Å². The minimum atomic E-state index is -0.284. The highest BCUT2D eigenvalue weighted by atomic mass is 127. The van der Waals surface area contributed by atoms with Gasteiger partial charge in [0.05, 0.1) is 0 Å². The number of hydrogen-bond acceptors (Lipinski definition) is 2. The van der Waals surface area contributed by atoms with Crippen LogP contribution in [0, 0.1) is 0 Å². The lowest BCUT2D eigenvalue weighted by Gasteiger charge is -1.99. The molecule has 1 aromatic carbocycles. The van der Waals surface area contributed by atoms with Gasteiger partial charge in [0, 0.05) is 32.2 Å². The smallest absolute Gasteiger partial charge is 0.213 e. The van der Waals surface area contributed by atoms with Gasteiger partial charge in [0.25, 0.3) is 0 Å². The van der Waals surface area contributed by atoms with Crippen LogP contribution < -0.4 is 0 Å². The van der Waals surface area contributed by atoms with E-state index in [0.29, 0.717) is 5.70 Å². The number of nitrogens with zero attached hydrogens (tertiary/aromatic N) is 1. The van der Waals surface area contributed by atoms with Gasteiger partial charge in [0.2, 0.25) is 5.78 Å². The first kappa shape index (κ1) is 8.23. The fourth-order valence-electron chi connectivity index (χ4n) is 1.71. The van der Waals surface area contributed by atoms with Crippen molar-refractivity contribution in [2.75, 3.05) is 0 Å². The second kappa shape index (κ2) is 2.95. The average Bonchev–Trinajstić information content (AvgIpc) is 2.55. The molecule has 0 radical (unpaired) electrons. The van der Waals surface area contributed by atoms with Crippen LogP contribution in [0.1, 0.15) is 15.9 Å². The molecule has 2 nitrogen and oxygen atoms in total. The van der Waals surface area contributed by atoms with Gasteiger partial charge in [-0.3, -0.25) is 4.79 Å². The normalized spacial score (nSPS) is 17.9. The fourth-order valence-corrected chi connectivity index (χ4v) is 3.15. The Morgan fingerprint density at radius 2 is 1.93 bits per heavy atom. The Morgan fingerprint density at radius 3 is 2.79 bits per heavy atom. The molecular weight excluding hydrogens is 289 g/mol. The summed E-state index contributed by atoms with van der Waals surface area (Å²) in [4.78, 5) is 11.9. The number of hydrogen-bond donors (Lipinski definition) is 0. The van der Waals surface area contributed by atoms with Crippen molar-refractivity contribution in [3.05, 3.63) is 51.2 Å². The van der Waals surface area contributed by atoms with Gasteiger partial charge in [0.15, 0.2) is 0 Å². The third-order valence-electron chi connectivity index (χ3n) is 2.35. The van der Waals surface area contributed by atoms with Crippen molar-refractivity contribution in [3.8, 4) is 0 Å². The highest BCUT2D eigenvalue weighted by Gasteiger charge is 2.28. The van der Waals surface area contributed by atoms with E-state index in [1.54, 1.807) is 0 Å². The number of carbonyl (C=O) groups excluding carboxylic acids is 1. The lowest BCUT2D eigenvalue weighted by molar-refractivity contribution is 0.103. The zero-order valence-electron chi connectivity index (χ0n) is 7.20. The van der Waals surface area contributed by atoms with Gasteiger partial charge in [-0.1, -0.05) is 24.3 Å². The quantitative estimate of drug-likeness (QED) is 0.675. The van der Waals surface area contributed by atoms with E-state index in [1.165, 1.54) is 0 Å². The van der Waals surface area contributed by atoms with E-state index in [1.807, 2.05) is 30.3 Å². The SMILES string of the molecule is O=C1C2=C(C=CI=N2)c2ccccc21. The number of fused-ring (bicyclic) bond motifs is 2. The molecule has 0 aromatic heterocycles. The van der Waals surface area contributed by atoms with Crippen LogP contribution in [0.4, 0.5) is 0 Å². The molecule has 0 bridgehead atoms. The zero-order valence-corrected chi connectivity index (χ0v) is 9.36. The Kier molecular flexibility index (Phi) is 1.73. The zero-order chi connectivity index (χ0) is 9.54. The largest absolute Gasteiger partial charge is 0.287 e. The first-order valence-corrected chi connectivity index (χ1v) is 6.47. The van der Waals surface area contributed by atoms with Gasteiger partial charge in [-0.05, 0) is 15.7 Å². The molecule has 0 saturated carbocycles. The van der Waals surface area contributed by atoms with Crippen LogP contribution in [-0.2, 0) is 0 Å². The molecule has 68 valence electrons. The standard InChI is InChI=1S/C11H6INO/c14-11-9-4-2-1-3-7(9)8-5-6-12-13-10(8)11/h1-6H. The number of carbonyl (C=O) groups is 1. The van der Waals surface area contributed by atoms with Crippen molar-refractivity contribution in [3.63, 3.8) is 0 Å². The molecule has 0 spiro atoms. The van der Waals surface area contributed by atoms with E-state index in [-0.39, 0.29) is 26.8 Å². The number of rotatable bonds is 0. The van der Waals surface area contributed by atoms with Gasteiger partial charge < -0.3 is 0 Å². The summed E-state index contributed by atoms with van der Waals surface area (Å²) in [6, 6.07) is 7.71. The van der Waals surface area contributed by atoms with Gasteiger partial charge in [-0.2, -0.15) is 0 Å². The third-order valence-corrected chi connectivity index (χ3v) is 3.79. The van der Waals surface area contributed by atoms with E-state index < -0.39 is 0 Å². The maximum atomic E-state index is 11.9. The Hall–Kier alpha value is -1.10. The molecule has 0 saturated heterocycles. The van der Waals surface area contributed by atoms with E-state index in [4.69, 9.17) is 0 Å². The molecule has 1 aliphatic heterocycles. The van der Waals surface area contributed by atoms with E-state index >= 15 is 0 Å². The summed E-state index contributed by atoms with van der Waals surface area (Å²) in [7, 11) is 0. The number of benzene rings is 1. The summed E-state index contributed by atoms with van der Waals surface area (Å²) in [6.07, 6.45) is 2.04. The minimum absolute atomic E-state index is 0.0969. The van der Waals surface area contributed by atoms with Crippen LogP contribution in [0.3, 0.4) is 0 Å². The third kappa shape index (κ3) is 0.987. The van der Waals surface area contributed by atoms with Crippen molar-refractivity contribution in [1.82, 2.24) is 0 Å². The first-order chi connectivity index (χ1) is 6.88. The Labute approximate surface area is 91.5 Å². The number of Topliss-reactive ketones (excluding diaryl/α,β-unsaturated/α-hetero) is 1. The van der Waals surface area contributed by atoms with Gasteiger partial charge >= 0.3 is 0 Å². The summed E-state index contributed by atoms with van der Waals surface area (Å²) in [5.41, 5.74) is 3.53. The minimum Gasteiger partial charge on any atom is -0.287 e. The molecule has 14 heavy (non-hydrogen) atoms. The predicted molar refractivity (Wildman–Crippen MR) is 63.3 cm³/mol. The van der Waals surface area contributed by atoms with E-state index in [0.717, 1.165) is 16.7 Å². The molecule has 0 unspecified atom stereocenters. The predicted octanol–water partition coefficient (Wildman–Crippen LogP) is 3.28. The topological polar surface area (TPSA) is 29.4 Å². The Bertz CT molecular complexity index is 526. The van der Waals surface area contributed by atoms with Crippen molar-refractivity contribution in [2.24, 2.45) is 3.15 Å². The van der Waals surface area contributed by atoms with Crippen LogP contribution in [-0.4, -0.2) is 5.78 Å². The van der Waals surface area contributed by atoms with Crippen LogP contribution in [0.2, 0.25) is 0 Å². The number of allylic oxidation sites excluding steroid dienone is 3. The highest BCUT2D eigenvalue weighted by Crippen LogP contribution is 2.38. The molecule has 2 aliphatic rings. The molecule has 0 fully saturated rings. The van der Waals surface area contributed by atoms with Crippen molar-refractivity contribution in [1.29, 1.82) is 0 Å². The maximum Gasteiger partial charge on any atom is 0.213 e. The second-order valence-electron chi connectivity index (χ2n) is 3.11. The van der Waals surface area contributed by atoms with Crippen LogP contribution in [0.15, 0.2) is 43.3 Å². The van der Waals surface area contributed by atoms with Gasteiger partial charge in [-0.25, -0.2) is 3.15 Å². The summed E-state index contributed by atoms with van der Waals surface area (Å²) < 4.78 is 6.43. The molecule has 1 aromatic rings. The Balaban J connectivity index is 2.34. The fraction of sp³-hybridized carbons (Fsp3) is 0. The average molecular weight is 295 g/mol. The molecule has 0 amide bonds. The Morgan fingerprint density at radius 1 is 1.14 bits per heavy atom. The number of ketones is 1. The molecule has 1 aliphatic carbocycles. The van der Waals surface area contributed by atoms with Crippen LogP contribution in [0.5, 0.6) is 0 Å². The summed E-state index contributed by atoms with van der Waals surface area (Å²) in [6.45, 7) is 0.